The van der Waals surface area contributed by atoms with Crippen molar-refractivity contribution in [1.29, 1.82) is 0 Å². The van der Waals surface area contributed by atoms with Gasteiger partial charge < -0.3 is 15.4 Å². The van der Waals surface area contributed by atoms with Crippen molar-refractivity contribution in [3.8, 4) is 5.75 Å². The minimum Gasteiger partial charge on any atom is -0.487 e. The molecule has 0 aliphatic carbocycles. The molecule has 5 nitrogen and oxygen atoms in total. The zero-order valence-electron chi connectivity index (χ0n) is 17.3. The number of ether oxygens (including phenoxy) is 1. The molecular formula is C23H22F4N4O. The van der Waals surface area contributed by atoms with Gasteiger partial charge in [-0.25, -0.2) is 4.39 Å². The van der Waals surface area contributed by atoms with E-state index in [0.29, 0.717) is 30.9 Å². The summed E-state index contributed by atoms with van der Waals surface area (Å²) < 4.78 is 58.5. The van der Waals surface area contributed by atoms with Crippen LogP contribution in [-0.4, -0.2) is 18.0 Å². The van der Waals surface area contributed by atoms with E-state index in [0.717, 1.165) is 23.4 Å². The minimum absolute atomic E-state index is 0.0771. The lowest BCUT2D eigenvalue weighted by atomic mass is 10.1. The number of halogens is 4. The van der Waals surface area contributed by atoms with Gasteiger partial charge in [-0.2, -0.15) is 13.2 Å². The highest BCUT2D eigenvalue weighted by Crippen LogP contribution is 2.32. The van der Waals surface area contributed by atoms with E-state index in [1.165, 1.54) is 7.05 Å². The average Bonchev–Trinajstić information content (AvgIpc) is 2.79. The van der Waals surface area contributed by atoms with Crippen LogP contribution in [0.3, 0.4) is 0 Å². The third-order valence-electron chi connectivity index (χ3n) is 4.52. The van der Waals surface area contributed by atoms with E-state index in [-0.39, 0.29) is 12.1 Å². The molecular weight excluding hydrogens is 424 g/mol. The molecule has 9 heteroatoms. The number of nitrogens with one attached hydrogen (secondary N) is 2. The molecule has 3 rings (SSSR count). The maximum Gasteiger partial charge on any atom is 0.416 e. The van der Waals surface area contributed by atoms with E-state index in [1.54, 1.807) is 6.20 Å². The minimum atomic E-state index is -4.65. The van der Waals surface area contributed by atoms with Gasteiger partial charge in [-0.05, 0) is 47.5 Å². The Morgan fingerprint density at radius 2 is 1.81 bits per heavy atom. The zero-order chi connectivity index (χ0) is 23.0. The number of aliphatic imine (C=N–C) groups is 1. The van der Waals surface area contributed by atoms with E-state index < -0.39 is 17.6 Å². The van der Waals surface area contributed by atoms with Crippen molar-refractivity contribution in [1.82, 2.24) is 15.6 Å². The maximum absolute atomic E-state index is 13.3. The average molecular weight is 446 g/mol. The second-order valence-electron chi connectivity index (χ2n) is 6.84. The Labute approximate surface area is 183 Å². The van der Waals surface area contributed by atoms with Gasteiger partial charge in [0.15, 0.2) is 5.96 Å². The van der Waals surface area contributed by atoms with Crippen LogP contribution in [0.2, 0.25) is 0 Å². The first kappa shape index (κ1) is 23.1. The fourth-order valence-electron chi connectivity index (χ4n) is 2.94. The van der Waals surface area contributed by atoms with E-state index in [2.05, 4.69) is 20.6 Å². The van der Waals surface area contributed by atoms with Gasteiger partial charge in [-0.1, -0.05) is 24.3 Å². The van der Waals surface area contributed by atoms with Crippen molar-refractivity contribution < 1.29 is 22.3 Å². The Morgan fingerprint density at radius 1 is 1.00 bits per heavy atom. The zero-order valence-corrected chi connectivity index (χ0v) is 17.3. The molecule has 0 atom stereocenters. The molecule has 0 amide bonds. The Bertz CT molecular complexity index is 1060. The van der Waals surface area contributed by atoms with E-state index in [9.17, 15) is 17.6 Å². The highest BCUT2D eigenvalue weighted by atomic mass is 19.4. The van der Waals surface area contributed by atoms with Crippen molar-refractivity contribution in [2.24, 2.45) is 4.99 Å². The molecule has 2 aromatic carbocycles. The first-order valence-electron chi connectivity index (χ1n) is 9.77. The van der Waals surface area contributed by atoms with Crippen LogP contribution in [0.15, 0.2) is 71.9 Å². The van der Waals surface area contributed by atoms with Crippen molar-refractivity contribution in [2.75, 3.05) is 7.05 Å². The summed E-state index contributed by atoms with van der Waals surface area (Å²) in [4.78, 5) is 8.23. The number of rotatable bonds is 7. The first-order chi connectivity index (χ1) is 15.3. The van der Waals surface area contributed by atoms with E-state index >= 15 is 0 Å². The third-order valence-corrected chi connectivity index (χ3v) is 4.52. The smallest absolute Gasteiger partial charge is 0.416 e. The molecule has 0 saturated heterocycles. The molecule has 0 radical (unpaired) electrons. The highest BCUT2D eigenvalue weighted by Gasteiger charge is 2.33. The normalized spacial score (nSPS) is 11.8. The van der Waals surface area contributed by atoms with Crippen LogP contribution in [-0.2, 0) is 25.9 Å². The van der Waals surface area contributed by atoms with Crippen LogP contribution in [0, 0.1) is 5.82 Å². The van der Waals surface area contributed by atoms with Crippen LogP contribution in [0.4, 0.5) is 17.6 Å². The summed E-state index contributed by atoms with van der Waals surface area (Å²) in [6, 6.07) is 15.6. The molecule has 0 spiro atoms. The summed E-state index contributed by atoms with van der Waals surface area (Å²) in [6.45, 7) is 0.540. The Kier molecular flexibility index (Phi) is 7.64. The van der Waals surface area contributed by atoms with Gasteiger partial charge in [0, 0.05) is 26.3 Å². The van der Waals surface area contributed by atoms with Crippen molar-refractivity contribution >= 4 is 5.96 Å². The molecule has 0 aliphatic rings. The molecule has 32 heavy (non-hydrogen) atoms. The van der Waals surface area contributed by atoms with Crippen molar-refractivity contribution in [2.45, 2.75) is 25.9 Å². The van der Waals surface area contributed by atoms with Crippen LogP contribution in [0.25, 0.3) is 0 Å². The van der Waals surface area contributed by atoms with Gasteiger partial charge in [0.1, 0.15) is 18.2 Å². The lowest BCUT2D eigenvalue weighted by Gasteiger charge is -2.16. The number of benzene rings is 2. The van der Waals surface area contributed by atoms with Gasteiger partial charge in [-0.3, -0.25) is 9.98 Å². The van der Waals surface area contributed by atoms with Crippen molar-refractivity contribution in [3.05, 3.63) is 95.1 Å². The topological polar surface area (TPSA) is 58.5 Å². The van der Waals surface area contributed by atoms with Gasteiger partial charge in [0.2, 0.25) is 0 Å². The van der Waals surface area contributed by atoms with E-state index in [1.807, 2.05) is 42.5 Å². The molecule has 0 saturated carbocycles. The SMILES string of the molecule is CN=C(NCc1cccc(OCc2ccccn2)c1)NCc1ccc(F)cc1C(F)(F)F. The first-order valence-corrected chi connectivity index (χ1v) is 9.77. The molecule has 0 bridgehead atoms. The van der Waals surface area contributed by atoms with Crippen molar-refractivity contribution in [3.63, 3.8) is 0 Å². The van der Waals surface area contributed by atoms with Crippen LogP contribution in [0.1, 0.15) is 22.4 Å². The second-order valence-corrected chi connectivity index (χ2v) is 6.84. The lowest BCUT2D eigenvalue weighted by Crippen LogP contribution is -2.36. The Balaban J connectivity index is 1.56. The molecule has 0 unspecified atom stereocenters. The highest BCUT2D eigenvalue weighted by molar-refractivity contribution is 5.79. The number of hydrogen-bond acceptors (Lipinski definition) is 3. The molecule has 1 aromatic heterocycles. The fraction of sp³-hybridized carbons (Fsp3) is 0.217. The number of nitrogens with zero attached hydrogens (tertiary/aromatic N) is 2. The summed E-state index contributed by atoms with van der Waals surface area (Å²) in [5.41, 5.74) is 0.605. The second kappa shape index (κ2) is 10.6. The molecule has 3 aromatic rings. The Hall–Kier alpha value is -3.62. The third kappa shape index (κ3) is 6.69. The predicted octanol–water partition coefficient (Wildman–Crippen LogP) is 4.68. The van der Waals surface area contributed by atoms with E-state index in [4.69, 9.17) is 4.74 Å². The standard InChI is InChI=1S/C23H22F4N4O/c1-28-22(31-14-17-8-9-18(24)12-21(17)23(25,26)27)30-13-16-5-4-7-20(11-16)32-15-19-6-2-3-10-29-19/h2-12H,13-15H2,1H3,(H2,28,30,31). The van der Waals surface area contributed by atoms with Crippen LogP contribution < -0.4 is 15.4 Å². The van der Waals surface area contributed by atoms with Gasteiger partial charge in [0.25, 0.3) is 0 Å². The van der Waals surface area contributed by atoms with Gasteiger partial charge >= 0.3 is 6.18 Å². The van der Waals surface area contributed by atoms with Crippen LogP contribution >= 0.6 is 0 Å². The van der Waals surface area contributed by atoms with Gasteiger partial charge in [-0.15, -0.1) is 0 Å². The number of hydrogen-bond donors (Lipinski definition) is 2. The summed E-state index contributed by atoms with van der Waals surface area (Å²) >= 11 is 0. The largest absolute Gasteiger partial charge is 0.487 e. The molecule has 1 heterocycles. The van der Waals surface area contributed by atoms with Gasteiger partial charge in [0.05, 0.1) is 11.3 Å². The number of alkyl halides is 3. The predicted molar refractivity (Wildman–Crippen MR) is 113 cm³/mol. The summed E-state index contributed by atoms with van der Waals surface area (Å²) in [5.74, 6) is 0.0371. The number of pyridine rings is 1. The summed E-state index contributed by atoms with van der Waals surface area (Å²) in [7, 11) is 1.51. The number of aromatic nitrogens is 1. The lowest BCUT2D eigenvalue weighted by molar-refractivity contribution is -0.138. The number of guanidine groups is 1. The Morgan fingerprint density at radius 3 is 2.53 bits per heavy atom. The molecule has 168 valence electrons. The summed E-state index contributed by atoms with van der Waals surface area (Å²) in [5, 5.41) is 5.87. The fourth-order valence-corrected chi connectivity index (χ4v) is 2.94. The van der Waals surface area contributed by atoms with Crippen LogP contribution in [0.5, 0.6) is 5.75 Å². The molecule has 0 fully saturated rings. The maximum atomic E-state index is 13.3. The summed E-state index contributed by atoms with van der Waals surface area (Å²) in [6.07, 6.45) is -2.95. The molecule has 0 aliphatic heterocycles. The molecule has 2 N–H and O–H groups in total. The quantitative estimate of drug-likeness (QED) is 0.314. The monoisotopic (exact) mass is 446 g/mol.